The summed E-state index contributed by atoms with van der Waals surface area (Å²) in [6.07, 6.45) is 0. The van der Waals surface area contributed by atoms with Gasteiger partial charge in [0.15, 0.2) is 0 Å². The Kier molecular flexibility index (Phi) is 4.30. The van der Waals surface area contributed by atoms with Crippen LogP contribution >= 0.6 is 11.8 Å². The molecule has 0 spiro atoms. The van der Waals surface area contributed by atoms with Gasteiger partial charge in [-0.05, 0) is 34.0 Å². The van der Waals surface area contributed by atoms with Crippen molar-refractivity contribution in [2.24, 2.45) is 5.92 Å². The van der Waals surface area contributed by atoms with Gasteiger partial charge in [-0.15, -0.1) is 5.10 Å². The third kappa shape index (κ3) is 3.53. The summed E-state index contributed by atoms with van der Waals surface area (Å²) in [5, 5.41) is 12.4. The molecule has 6 heteroatoms. The lowest BCUT2D eigenvalue weighted by Crippen LogP contribution is -2.07. The Balaban J connectivity index is 2.00. The second-order valence-electron chi connectivity index (χ2n) is 4.46. The standard InChI is InChI=1S/C12H15FN4S/c1-9(2)7-17-12(14-15-16-17)18-8-10-4-3-5-11(13)6-10/h3-6,9H,7-8H2,1-2H3. The molecule has 0 aliphatic heterocycles. The highest BCUT2D eigenvalue weighted by molar-refractivity contribution is 7.98. The van der Waals surface area contributed by atoms with Crippen LogP contribution < -0.4 is 0 Å². The first-order chi connectivity index (χ1) is 8.65. The van der Waals surface area contributed by atoms with Crippen LogP contribution in [0, 0.1) is 11.7 Å². The van der Waals surface area contributed by atoms with Crippen molar-refractivity contribution < 1.29 is 4.39 Å². The maximum absolute atomic E-state index is 13.0. The fraction of sp³-hybridized carbons (Fsp3) is 0.417. The van der Waals surface area contributed by atoms with Crippen LogP contribution in [0.2, 0.25) is 0 Å². The van der Waals surface area contributed by atoms with Crippen molar-refractivity contribution in [2.75, 3.05) is 0 Å². The third-order valence-corrected chi connectivity index (χ3v) is 3.32. The molecule has 2 rings (SSSR count). The molecular formula is C12H15FN4S. The number of thioether (sulfide) groups is 1. The molecule has 18 heavy (non-hydrogen) atoms. The van der Waals surface area contributed by atoms with E-state index in [9.17, 15) is 4.39 Å². The Bertz CT molecular complexity index is 512. The number of tetrazole rings is 1. The molecule has 1 heterocycles. The van der Waals surface area contributed by atoms with E-state index in [4.69, 9.17) is 0 Å². The maximum atomic E-state index is 13.0. The normalized spacial score (nSPS) is 11.1. The molecule has 0 saturated heterocycles. The fourth-order valence-electron chi connectivity index (χ4n) is 1.53. The largest absolute Gasteiger partial charge is 0.220 e. The van der Waals surface area contributed by atoms with Crippen LogP contribution in [0.5, 0.6) is 0 Å². The lowest BCUT2D eigenvalue weighted by atomic mass is 10.2. The molecule has 0 radical (unpaired) electrons. The fourth-order valence-corrected chi connectivity index (χ4v) is 2.36. The van der Waals surface area contributed by atoms with E-state index in [0.717, 1.165) is 17.3 Å². The summed E-state index contributed by atoms with van der Waals surface area (Å²) in [4.78, 5) is 0. The van der Waals surface area contributed by atoms with Gasteiger partial charge in [0.25, 0.3) is 0 Å². The van der Waals surface area contributed by atoms with Crippen LogP contribution in [-0.4, -0.2) is 20.2 Å². The van der Waals surface area contributed by atoms with Gasteiger partial charge in [0.2, 0.25) is 5.16 Å². The Morgan fingerprint density at radius 2 is 2.22 bits per heavy atom. The predicted molar refractivity (Wildman–Crippen MR) is 68.6 cm³/mol. The first-order valence-electron chi connectivity index (χ1n) is 5.78. The van der Waals surface area contributed by atoms with Crippen LogP contribution in [0.4, 0.5) is 4.39 Å². The van der Waals surface area contributed by atoms with Crippen molar-refractivity contribution in [2.45, 2.75) is 31.3 Å². The minimum atomic E-state index is -0.213. The van der Waals surface area contributed by atoms with E-state index in [1.54, 1.807) is 10.7 Å². The van der Waals surface area contributed by atoms with E-state index >= 15 is 0 Å². The van der Waals surface area contributed by atoms with Gasteiger partial charge in [0.05, 0.1) is 0 Å². The summed E-state index contributed by atoms with van der Waals surface area (Å²) in [7, 11) is 0. The number of aromatic nitrogens is 4. The summed E-state index contributed by atoms with van der Waals surface area (Å²) < 4.78 is 14.8. The van der Waals surface area contributed by atoms with Crippen LogP contribution in [0.15, 0.2) is 29.4 Å². The summed E-state index contributed by atoms with van der Waals surface area (Å²) in [6, 6.07) is 6.58. The van der Waals surface area contributed by atoms with Gasteiger partial charge in [-0.25, -0.2) is 9.07 Å². The van der Waals surface area contributed by atoms with E-state index in [-0.39, 0.29) is 5.82 Å². The van der Waals surface area contributed by atoms with E-state index in [0.29, 0.717) is 11.7 Å². The van der Waals surface area contributed by atoms with Crippen molar-refractivity contribution in [3.63, 3.8) is 0 Å². The van der Waals surface area contributed by atoms with Gasteiger partial charge >= 0.3 is 0 Å². The second-order valence-corrected chi connectivity index (χ2v) is 5.40. The van der Waals surface area contributed by atoms with E-state index < -0.39 is 0 Å². The van der Waals surface area contributed by atoms with Crippen LogP contribution in [0.1, 0.15) is 19.4 Å². The molecule has 96 valence electrons. The molecule has 1 aromatic heterocycles. The highest BCUT2D eigenvalue weighted by atomic mass is 32.2. The Morgan fingerprint density at radius 1 is 1.39 bits per heavy atom. The van der Waals surface area contributed by atoms with Crippen molar-refractivity contribution in [1.82, 2.24) is 20.2 Å². The van der Waals surface area contributed by atoms with Crippen LogP contribution in [0.3, 0.4) is 0 Å². The van der Waals surface area contributed by atoms with Crippen molar-refractivity contribution in [3.05, 3.63) is 35.6 Å². The molecule has 0 fully saturated rings. The Labute approximate surface area is 110 Å². The average molecular weight is 266 g/mol. The number of halogens is 1. The zero-order valence-corrected chi connectivity index (χ0v) is 11.2. The van der Waals surface area contributed by atoms with Gasteiger partial charge in [-0.3, -0.25) is 0 Å². The molecule has 0 aliphatic carbocycles. The smallest absolute Gasteiger partial charge is 0.209 e. The van der Waals surface area contributed by atoms with Gasteiger partial charge in [-0.1, -0.05) is 37.7 Å². The molecule has 4 nitrogen and oxygen atoms in total. The first-order valence-corrected chi connectivity index (χ1v) is 6.77. The molecule has 1 aromatic carbocycles. The van der Waals surface area contributed by atoms with Crippen LogP contribution in [-0.2, 0) is 12.3 Å². The van der Waals surface area contributed by atoms with E-state index in [2.05, 4.69) is 29.4 Å². The second kappa shape index (κ2) is 5.95. The summed E-state index contributed by atoms with van der Waals surface area (Å²) in [5.41, 5.74) is 0.930. The number of nitrogens with zero attached hydrogens (tertiary/aromatic N) is 4. The van der Waals surface area contributed by atoms with E-state index in [1.807, 2.05) is 6.07 Å². The van der Waals surface area contributed by atoms with E-state index in [1.165, 1.54) is 23.9 Å². The Morgan fingerprint density at radius 3 is 2.94 bits per heavy atom. The van der Waals surface area contributed by atoms with Crippen molar-refractivity contribution in [1.29, 1.82) is 0 Å². The number of hydrogen-bond donors (Lipinski definition) is 0. The molecule has 0 atom stereocenters. The molecule has 0 bridgehead atoms. The monoisotopic (exact) mass is 266 g/mol. The van der Waals surface area contributed by atoms with Gasteiger partial charge in [-0.2, -0.15) is 0 Å². The highest BCUT2D eigenvalue weighted by Crippen LogP contribution is 2.20. The predicted octanol–water partition coefficient (Wildman–Crippen LogP) is 2.76. The molecule has 0 aliphatic rings. The molecule has 2 aromatic rings. The lowest BCUT2D eigenvalue weighted by molar-refractivity contribution is 0.446. The molecule has 0 unspecified atom stereocenters. The summed E-state index contributed by atoms with van der Waals surface area (Å²) in [5.74, 6) is 0.938. The SMILES string of the molecule is CC(C)Cn1nnnc1SCc1cccc(F)c1. The average Bonchev–Trinajstić information content (AvgIpc) is 2.73. The zero-order chi connectivity index (χ0) is 13.0. The topological polar surface area (TPSA) is 43.6 Å². The number of benzene rings is 1. The highest BCUT2D eigenvalue weighted by Gasteiger charge is 2.08. The van der Waals surface area contributed by atoms with Crippen LogP contribution in [0.25, 0.3) is 0 Å². The summed E-state index contributed by atoms with van der Waals surface area (Å²) >= 11 is 1.52. The molecular weight excluding hydrogens is 251 g/mol. The quantitative estimate of drug-likeness (QED) is 0.781. The minimum absolute atomic E-state index is 0.213. The van der Waals surface area contributed by atoms with Crippen molar-refractivity contribution in [3.8, 4) is 0 Å². The molecule has 0 N–H and O–H groups in total. The Hall–Kier alpha value is -1.43. The minimum Gasteiger partial charge on any atom is -0.220 e. The summed E-state index contributed by atoms with van der Waals surface area (Å²) in [6.45, 7) is 5.02. The van der Waals surface area contributed by atoms with Gasteiger partial charge < -0.3 is 0 Å². The molecule has 0 saturated carbocycles. The van der Waals surface area contributed by atoms with Gasteiger partial charge in [0.1, 0.15) is 5.82 Å². The maximum Gasteiger partial charge on any atom is 0.209 e. The molecule has 0 amide bonds. The third-order valence-electron chi connectivity index (χ3n) is 2.29. The van der Waals surface area contributed by atoms with Gasteiger partial charge in [0, 0.05) is 12.3 Å². The number of rotatable bonds is 5. The first kappa shape index (κ1) is 13.0. The number of hydrogen-bond acceptors (Lipinski definition) is 4. The zero-order valence-electron chi connectivity index (χ0n) is 10.4. The lowest BCUT2D eigenvalue weighted by Gasteiger charge is -2.06. The van der Waals surface area contributed by atoms with Crippen molar-refractivity contribution >= 4 is 11.8 Å².